The standard InChI is InChI=1S/C18H25N3O3/c19-17(22)14-4-3-5-15(12-14)18(23)21-7-2-1-6-16(21)13-20-8-10-24-11-9-20/h3-5,12,16H,1-2,6-11,13H2,(H2,19,22). The summed E-state index contributed by atoms with van der Waals surface area (Å²) in [6, 6.07) is 6.94. The number of amides is 2. The van der Waals surface area contributed by atoms with E-state index in [0.29, 0.717) is 11.1 Å². The average Bonchev–Trinajstić information content (AvgIpc) is 2.62. The Morgan fingerprint density at radius 3 is 2.62 bits per heavy atom. The Balaban J connectivity index is 1.73. The van der Waals surface area contributed by atoms with Crippen molar-refractivity contribution in [3.05, 3.63) is 35.4 Å². The highest BCUT2D eigenvalue weighted by Crippen LogP contribution is 2.21. The number of likely N-dealkylation sites (tertiary alicyclic amines) is 1. The summed E-state index contributed by atoms with van der Waals surface area (Å²) in [7, 11) is 0. The molecule has 0 saturated carbocycles. The van der Waals surface area contributed by atoms with E-state index in [9.17, 15) is 9.59 Å². The van der Waals surface area contributed by atoms with Crippen molar-refractivity contribution in [2.24, 2.45) is 5.73 Å². The number of primary amides is 1. The van der Waals surface area contributed by atoms with Crippen molar-refractivity contribution in [1.29, 1.82) is 0 Å². The van der Waals surface area contributed by atoms with Crippen LogP contribution in [0.1, 0.15) is 40.0 Å². The SMILES string of the molecule is NC(=O)c1cccc(C(=O)N2CCCCC2CN2CCOCC2)c1. The van der Waals surface area contributed by atoms with Crippen LogP contribution in [-0.4, -0.2) is 67.0 Å². The zero-order chi connectivity index (χ0) is 16.9. The molecule has 2 saturated heterocycles. The van der Waals surface area contributed by atoms with Crippen molar-refractivity contribution in [2.75, 3.05) is 39.4 Å². The van der Waals surface area contributed by atoms with Gasteiger partial charge in [-0.25, -0.2) is 0 Å². The van der Waals surface area contributed by atoms with Crippen LogP contribution in [0.25, 0.3) is 0 Å². The molecule has 24 heavy (non-hydrogen) atoms. The second-order valence-electron chi connectivity index (χ2n) is 6.51. The molecule has 1 aromatic carbocycles. The van der Waals surface area contributed by atoms with Gasteiger partial charge >= 0.3 is 0 Å². The Hall–Kier alpha value is -1.92. The van der Waals surface area contributed by atoms with Crippen molar-refractivity contribution in [3.8, 4) is 0 Å². The summed E-state index contributed by atoms with van der Waals surface area (Å²) in [5, 5.41) is 0. The average molecular weight is 331 g/mol. The van der Waals surface area contributed by atoms with Gasteiger partial charge in [-0.05, 0) is 37.5 Å². The predicted octanol–water partition coefficient (Wildman–Crippen LogP) is 1.11. The molecule has 6 heteroatoms. The van der Waals surface area contributed by atoms with E-state index in [4.69, 9.17) is 10.5 Å². The second-order valence-corrected chi connectivity index (χ2v) is 6.51. The third kappa shape index (κ3) is 3.94. The van der Waals surface area contributed by atoms with E-state index < -0.39 is 5.91 Å². The van der Waals surface area contributed by atoms with Gasteiger partial charge in [-0.2, -0.15) is 0 Å². The van der Waals surface area contributed by atoms with E-state index in [1.54, 1.807) is 24.3 Å². The number of nitrogens with two attached hydrogens (primary N) is 1. The Morgan fingerprint density at radius 2 is 1.88 bits per heavy atom. The molecule has 0 radical (unpaired) electrons. The molecule has 0 spiro atoms. The summed E-state index contributed by atoms with van der Waals surface area (Å²) in [4.78, 5) is 28.7. The maximum absolute atomic E-state index is 13.0. The number of carbonyl (C=O) groups is 2. The first kappa shape index (κ1) is 16.9. The van der Waals surface area contributed by atoms with Gasteiger partial charge in [0, 0.05) is 43.3 Å². The van der Waals surface area contributed by atoms with E-state index in [1.165, 1.54) is 0 Å². The summed E-state index contributed by atoms with van der Waals surface area (Å²) >= 11 is 0. The lowest BCUT2D eigenvalue weighted by atomic mass is 9.99. The van der Waals surface area contributed by atoms with E-state index >= 15 is 0 Å². The van der Waals surface area contributed by atoms with Crippen LogP contribution in [0.2, 0.25) is 0 Å². The van der Waals surface area contributed by atoms with Gasteiger partial charge in [0.1, 0.15) is 0 Å². The molecular formula is C18H25N3O3. The van der Waals surface area contributed by atoms with Gasteiger partial charge in [-0.3, -0.25) is 14.5 Å². The first-order valence-corrected chi connectivity index (χ1v) is 8.66. The van der Waals surface area contributed by atoms with Crippen LogP contribution < -0.4 is 5.73 Å². The van der Waals surface area contributed by atoms with Gasteiger partial charge in [0.05, 0.1) is 13.2 Å². The molecule has 6 nitrogen and oxygen atoms in total. The number of nitrogens with zero attached hydrogens (tertiary/aromatic N) is 2. The molecular weight excluding hydrogens is 306 g/mol. The summed E-state index contributed by atoms with van der Waals surface area (Å²) in [6.45, 7) is 5.05. The summed E-state index contributed by atoms with van der Waals surface area (Å²) in [5.41, 5.74) is 6.25. The van der Waals surface area contributed by atoms with Crippen molar-refractivity contribution in [2.45, 2.75) is 25.3 Å². The summed E-state index contributed by atoms with van der Waals surface area (Å²) in [5.74, 6) is -0.510. The maximum atomic E-state index is 13.0. The van der Waals surface area contributed by atoms with Gasteiger partial charge in [0.2, 0.25) is 5.91 Å². The Bertz CT molecular complexity index is 599. The van der Waals surface area contributed by atoms with Gasteiger partial charge < -0.3 is 15.4 Å². The molecule has 0 aromatic heterocycles. The zero-order valence-corrected chi connectivity index (χ0v) is 13.9. The lowest BCUT2D eigenvalue weighted by Crippen LogP contribution is -2.51. The van der Waals surface area contributed by atoms with Crippen LogP contribution in [0.3, 0.4) is 0 Å². The van der Waals surface area contributed by atoms with E-state index in [-0.39, 0.29) is 11.9 Å². The Kier molecular flexibility index (Phi) is 5.48. The molecule has 2 aliphatic heterocycles. The van der Waals surface area contributed by atoms with Crippen molar-refractivity contribution in [1.82, 2.24) is 9.80 Å². The monoisotopic (exact) mass is 331 g/mol. The normalized spacial score (nSPS) is 22.3. The number of ether oxygens (including phenoxy) is 1. The largest absolute Gasteiger partial charge is 0.379 e. The first-order valence-electron chi connectivity index (χ1n) is 8.66. The molecule has 1 aromatic rings. The maximum Gasteiger partial charge on any atom is 0.254 e. The molecule has 2 fully saturated rings. The minimum atomic E-state index is -0.506. The summed E-state index contributed by atoms with van der Waals surface area (Å²) in [6.07, 6.45) is 3.21. The predicted molar refractivity (Wildman–Crippen MR) is 90.9 cm³/mol. The molecule has 2 N–H and O–H groups in total. The minimum Gasteiger partial charge on any atom is -0.379 e. The molecule has 2 amide bonds. The fourth-order valence-corrected chi connectivity index (χ4v) is 3.51. The number of carbonyl (C=O) groups excluding carboxylic acids is 2. The smallest absolute Gasteiger partial charge is 0.254 e. The highest BCUT2D eigenvalue weighted by Gasteiger charge is 2.29. The topological polar surface area (TPSA) is 75.9 Å². The van der Waals surface area contributed by atoms with Crippen molar-refractivity contribution < 1.29 is 14.3 Å². The zero-order valence-electron chi connectivity index (χ0n) is 13.9. The minimum absolute atomic E-state index is 0.00365. The molecule has 3 rings (SSSR count). The van der Waals surface area contributed by atoms with E-state index in [2.05, 4.69) is 4.90 Å². The Morgan fingerprint density at radius 1 is 1.12 bits per heavy atom. The van der Waals surface area contributed by atoms with Crippen LogP contribution in [-0.2, 0) is 4.74 Å². The van der Waals surface area contributed by atoms with Crippen LogP contribution in [0.15, 0.2) is 24.3 Å². The summed E-state index contributed by atoms with van der Waals surface area (Å²) < 4.78 is 5.40. The molecule has 1 atom stereocenters. The number of hydrogen-bond acceptors (Lipinski definition) is 4. The number of hydrogen-bond donors (Lipinski definition) is 1. The van der Waals surface area contributed by atoms with Crippen molar-refractivity contribution >= 4 is 11.8 Å². The highest BCUT2D eigenvalue weighted by atomic mass is 16.5. The Labute approximate surface area is 142 Å². The fourth-order valence-electron chi connectivity index (χ4n) is 3.51. The van der Waals surface area contributed by atoms with Crippen LogP contribution in [0.5, 0.6) is 0 Å². The molecule has 2 aliphatic rings. The lowest BCUT2D eigenvalue weighted by Gasteiger charge is -2.39. The molecule has 130 valence electrons. The molecule has 0 bridgehead atoms. The molecule has 2 heterocycles. The fraction of sp³-hybridized carbons (Fsp3) is 0.556. The van der Waals surface area contributed by atoms with Gasteiger partial charge in [-0.15, -0.1) is 0 Å². The highest BCUT2D eigenvalue weighted by molar-refractivity contribution is 5.99. The van der Waals surface area contributed by atoms with Gasteiger partial charge in [-0.1, -0.05) is 6.07 Å². The van der Waals surface area contributed by atoms with Crippen LogP contribution in [0, 0.1) is 0 Å². The van der Waals surface area contributed by atoms with Crippen LogP contribution >= 0.6 is 0 Å². The third-order valence-corrected chi connectivity index (χ3v) is 4.85. The van der Waals surface area contributed by atoms with Gasteiger partial charge in [0.25, 0.3) is 5.91 Å². The quantitative estimate of drug-likeness (QED) is 0.897. The van der Waals surface area contributed by atoms with Crippen LogP contribution in [0.4, 0.5) is 0 Å². The number of piperidine rings is 1. The lowest BCUT2D eigenvalue weighted by molar-refractivity contribution is 0.0166. The third-order valence-electron chi connectivity index (χ3n) is 4.85. The van der Waals surface area contributed by atoms with E-state index in [1.807, 2.05) is 4.90 Å². The number of morpholine rings is 1. The number of benzene rings is 1. The molecule has 1 unspecified atom stereocenters. The van der Waals surface area contributed by atoms with Gasteiger partial charge in [0.15, 0.2) is 0 Å². The number of rotatable bonds is 4. The van der Waals surface area contributed by atoms with Crippen molar-refractivity contribution in [3.63, 3.8) is 0 Å². The second kappa shape index (κ2) is 7.77. The van der Waals surface area contributed by atoms with E-state index in [0.717, 1.165) is 58.7 Å². The molecule has 0 aliphatic carbocycles. The first-order chi connectivity index (χ1) is 11.6.